The number of ether oxygens (including phenoxy) is 1. The number of nitro groups is 1. The van der Waals surface area contributed by atoms with Gasteiger partial charge in [0.05, 0.1) is 17.6 Å². The number of rotatable bonds is 6. The highest BCUT2D eigenvalue weighted by atomic mass is 32.1. The number of esters is 1. The third-order valence-electron chi connectivity index (χ3n) is 3.88. The third kappa shape index (κ3) is 4.99. The number of amides is 1. The lowest BCUT2D eigenvalue weighted by Crippen LogP contribution is -2.13. The predicted molar refractivity (Wildman–Crippen MR) is 104 cm³/mol. The van der Waals surface area contributed by atoms with Crippen LogP contribution in [0.2, 0.25) is 0 Å². The van der Waals surface area contributed by atoms with Gasteiger partial charge in [-0.15, -0.1) is 11.3 Å². The quantitative estimate of drug-likeness (QED) is 0.372. The number of nitrogens with one attached hydrogen (secondary N) is 1. The summed E-state index contributed by atoms with van der Waals surface area (Å²) in [7, 11) is 1.14. The van der Waals surface area contributed by atoms with Crippen molar-refractivity contribution in [3.63, 3.8) is 0 Å². The zero-order valence-corrected chi connectivity index (χ0v) is 15.9. The van der Waals surface area contributed by atoms with E-state index in [4.69, 9.17) is 0 Å². The van der Waals surface area contributed by atoms with Crippen molar-refractivity contribution in [2.24, 2.45) is 0 Å². The van der Waals surface area contributed by atoms with Gasteiger partial charge in [0.1, 0.15) is 5.82 Å². The number of hydrogen-bond acceptors (Lipinski definition) is 7. The second-order valence-corrected chi connectivity index (χ2v) is 7.02. The molecule has 1 heterocycles. The molecule has 3 rings (SSSR count). The van der Waals surface area contributed by atoms with Crippen molar-refractivity contribution >= 4 is 34.0 Å². The summed E-state index contributed by atoms with van der Waals surface area (Å²) in [4.78, 5) is 39.5. The van der Waals surface area contributed by atoms with Gasteiger partial charge in [-0.25, -0.2) is 14.2 Å². The lowest BCUT2D eigenvalue weighted by atomic mass is 10.1. The zero-order chi connectivity index (χ0) is 21.0. The Morgan fingerprint density at radius 1 is 1.21 bits per heavy atom. The summed E-state index contributed by atoms with van der Waals surface area (Å²) >= 11 is 1.22. The fourth-order valence-corrected chi connectivity index (χ4v) is 3.34. The number of methoxy groups -OCH3 is 1. The summed E-state index contributed by atoms with van der Waals surface area (Å²) in [5.41, 5.74) is 0.293. The molecule has 0 fully saturated rings. The van der Waals surface area contributed by atoms with E-state index >= 15 is 0 Å². The third-order valence-corrected chi connectivity index (χ3v) is 4.79. The van der Waals surface area contributed by atoms with Gasteiger partial charge < -0.3 is 4.74 Å². The van der Waals surface area contributed by atoms with Gasteiger partial charge in [0.25, 0.3) is 11.6 Å². The minimum atomic E-state index is -0.793. The smallest absolute Gasteiger partial charge is 0.338 e. The van der Waals surface area contributed by atoms with Crippen LogP contribution in [-0.4, -0.2) is 28.9 Å². The van der Waals surface area contributed by atoms with Crippen LogP contribution in [0, 0.1) is 15.9 Å². The molecule has 0 saturated heterocycles. The highest BCUT2D eigenvalue weighted by Crippen LogP contribution is 2.23. The maximum atomic E-state index is 13.0. The van der Waals surface area contributed by atoms with Gasteiger partial charge in [-0.1, -0.05) is 12.1 Å². The summed E-state index contributed by atoms with van der Waals surface area (Å²) < 4.78 is 17.5. The Hall–Kier alpha value is -3.66. The molecule has 29 heavy (non-hydrogen) atoms. The molecule has 0 aliphatic heterocycles. The lowest BCUT2D eigenvalue weighted by Gasteiger charge is -2.05. The van der Waals surface area contributed by atoms with E-state index in [1.54, 1.807) is 18.3 Å². The van der Waals surface area contributed by atoms with Crippen molar-refractivity contribution < 1.29 is 23.6 Å². The minimum Gasteiger partial charge on any atom is -0.465 e. The first kappa shape index (κ1) is 20.1. The van der Waals surface area contributed by atoms with E-state index in [1.165, 1.54) is 29.5 Å². The molecule has 0 saturated carbocycles. The second-order valence-electron chi connectivity index (χ2n) is 5.91. The number of nitro benzene ring substituents is 1. The van der Waals surface area contributed by atoms with E-state index in [0.29, 0.717) is 11.6 Å². The Labute approximate surface area is 168 Å². The molecule has 0 atom stereocenters. The monoisotopic (exact) mass is 415 g/mol. The van der Waals surface area contributed by atoms with Gasteiger partial charge in [0.2, 0.25) is 0 Å². The van der Waals surface area contributed by atoms with Crippen molar-refractivity contribution in [3.8, 4) is 0 Å². The van der Waals surface area contributed by atoms with E-state index in [1.807, 2.05) is 0 Å². The van der Waals surface area contributed by atoms with Crippen LogP contribution in [0.1, 0.15) is 31.2 Å². The van der Waals surface area contributed by atoms with Gasteiger partial charge in [0, 0.05) is 35.2 Å². The van der Waals surface area contributed by atoms with Crippen LogP contribution >= 0.6 is 11.3 Å². The molecule has 3 aromatic rings. The first-order valence-electron chi connectivity index (χ1n) is 8.24. The first-order chi connectivity index (χ1) is 13.9. The van der Waals surface area contributed by atoms with Crippen molar-refractivity contribution in [3.05, 3.63) is 86.2 Å². The average molecular weight is 415 g/mol. The Morgan fingerprint density at radius 3 is 2.55 bits per heavy atom. The van der Waals surface area contributed by atoms with Gasteiger partial charge in [0.15, 0.2) is 5.13 Å². The molecule has 0 aliphatic rings. The van der Waals surface area contributed by atoms with E-state index in [-0.39, 0.29) is 16.9 Å². The summed E-state index contributed by atoms with van der Waals surface area (Å²) in [5, 5.41) is 13.9. The number of nitrogens with zero attached hydrogens (tertiary/aromatic N) is 2. The molecular weight excluding hydrogens is 401 g/mol. The van der Waals surface area contributed by atoms with Crippen LogP contribution in [0.4, 0.5) is 15.2 Å². The highest BCUT2D eigenvalue weighted by molar-refractivity contribution is 7.15. The van der Waals surface area contributed by atoms with Crippen molar-refractivity contribution in [1.29, 1.82) is 0 Å². The highest BCUT2D eigenvalue weighted by Gasteiger charge is 2.19. The van der Waals surface area contributed by atoms with Crippen LogP contribution < -0.4 is 5.32 Å². The van der Waals surface area contributed by atoms with Gasteiger partial charge in [-0.2, -0.15) is 0 Å². The summed E-state index contributed by atoms with van der Waals surface area (Å²) in [6.45, 7) is 0. The molecule has 0 aliphatic carbocycles. The van der Waals surface area contributed by atoms with Crippen molar-refractivity contribution in [2.75, 3.05) is 12.4 Å². The normalized spacial score (nSPS) is 10.4. The Morgan fingerprint density at radius 2 is 1.90 bits per heavy atom. The summed E-state index contributed by atoms with van der Waals surface area (Å²) in [6.07, 6.45) is 2.09. The summed E-state index contributed by atoms with van der Waals surface area (Å²) in [5.74, 6) is -1.77. The van der Waals surface area contributed by atoms with Crippen molar-refractivity contribution in [2.45, 2.75) is 6.42 Å². The Balaban J connectivity index is 1.77. The van der Waals surface area contributed by atoms with Crippen LogP contribution in [0.15, 0.2) is 48.7 Å². The first-order valence-corrected chi connectivity index (χ1v) is 9.05. The fourth-order valence-electron chi connectivity index (χ4n) is 2.50. The van der Waals surface area contributed by atoms with Crippen LogP contribution in [0.3, 0.4) is 0 Å². The topological polar surface area (TPSA) is 111 Å². The number of halogens is 1. The van der Waals surface area contributed by atoms with E-state index < -0.39 is 22.5 Å². The molecule has 1 amide bonds. The molecule has 1 N–H and O–H groups in total. The molecule has 2 aromatic carbocycles. The van der Waals surface area contributed by atoms with Gasteiger partial charge in [-0.05, 0) is 23.8 Å². The van der Waals surface area contributed by atoms with E-state index in [0.717, 1.165) is 29.7 Å². The minimum absolute atomic E-state index is 0.0742. The van der Waals surface area contributed by atoms with E-state index in [9.17, 15) is 24.1 Å². The number of thiazole rings is 1. The number of anilines is 1. The molecule has 0 spiro atoms. The number of carbonyl (C=O) groups is 2. The van der Waals surface area contributed by atoms with Crippen molar-refractivity contribution in [1.82, 2.24) is 4.98 Å². The number of carbonyl (C=O) groups excluding carboxylic acids is 2. The SMILES string of the molecule is COC(=O)c1cc(C(=O)Nc2ncc(Cc3ccc(F)cc3)s2)cc([N+](=O)[O-])c1. The van der Waals surface area contributed by atoms with Gasteiger partial charge >= 0.3 is 5.97 Å². The molecule has 0 bridgehead atoms. The maximum Gasteiger partial charge on any atom is 0.338 e. The number of aromatic nitrogens is 1. The molecule has 0 radical (unpaired) electrons. The second kappa shape index (κ2) is 8.57. The molecule has 148 valence electrons. The molecule has 10 heteroatoms. The maximum absolute atomic E-state index is 13.0. The Bertz CT molecular complexity index is 1080. The average Bonchev–Trinajstić information content (AvgIpc) is 3.15. The molecule has 8 nitrogen and oxygen atoms in total. The van der Waals surface area contributed by atoms with Crippen LogP contribution in [0.5, 0.6) is 0 Å². The number of non-ortho nitro benzene ring substituents is 1. The van der Waals surface area contributed by atoms with Crippen LogP contribution in [0.25, 0.3) is 0 Å². The van der Waals surface area contributed by atoms with Crippen LogP contribution in [-0.2, 0) is 11.2 Å². The largest absolute Gasteiger partial charge is 0.465 e. The number of benzene rings is 2. The van der Waals surface area contributed by atoms with E-state index in [2.05, 4.69) is 15.0 Å². The zero-order valence-electron chi connectivity index (χ0n) is 15.0. The standard InChI is InChI=1S/C19H14FN3O5S/c1-28-18(25)13-7-12(8-15(9-13)23(26)27)17(24)22-19-21-10-16(29-19)6-11-2-4-14(20)5-3-11/h2-5,7-10H,6H2,1H3,(H,21,22,24). The fraction of sp³-hybridized carbons (Fsp3) is 0.105. The summed E-state index contributed by atoms with van der Waals surface area (Å²) in [6, 6.07) is 9.35. The van der Waals surface area contributed by atoms with Gasteiger partial charge in [-0.3, -0.25) is 20.2 Å². The number of hydrogen-bond donors (Lipinski definition) is 1. The predicted octanol–water partition coefficient (Wildman–Crippen LogP) is 3.82. The molecule has 0 unspecified atom stereocenters. The Kier molecular flexibility index (Phi) is 5.93. The molecule has 1 aromatic heterocycles. The molecular formula is C19H14FN3O5S. The lowest BCUT2D eigenvalue weighted by molar-refractivity contribution is -0.384.